The smallest absolute Gasteiger partial charge is 0.275 e. The van der Waals surface area contributed by atoms with Crippen LogP contribution in [0.2, 0.25) is 5.02 Å². The van der Waals surface area contributed by atoms with E-state index in [1.807, 2.05) is 18.2 Å². The standard InChI is InChI=1S/C18H14ClN3O2/c19-13-4-1-3-12(11-13)6-7-15-14-8-10-22(18(14)24-21-15)17(23)16-5-2-9-20-16/h1,3-5,9,11,14,18H,2,8,10H2. The van der Waals surface area contributed by atoms with Crippen LogP contribution in [-0.2, 0) is 9.63 Å². The maximum absolute atomic E-state index is 12.5. The highest BCUT2D eigenvalue weighted by Gasteiger charge is 2.46. The largest absolute Gasteiger partial charge is 0.369 e. The van der Waals surface area contributed by atoms with Gasteiger partial charge in [0.15, 0.2) is 0 Å². The summed E-state index contributed by atoms with van der Waals surface area (Å²) in [6, 6.07) is 7.35. The highest BCUT2D eigenvalue weighted by Crippen LogP contribution is 2.32. The lowest BCUT2D eigenvalue weighted by Gasteiger charge is -2.21. The number of halogens is 1. The van der Waals surface area contributed by atoms with E-state index in [1.165, 1.54) is 0 Å². The van der Waals surface area contributed by atoms with Crippen molar-refractivity contribution in [3.05, 3.63) is 46.6 Å². The predicted octanol–water partition coefficient (Wildman–Crippen LogP) is 2.61. The molecule has 0 bridgehead atoms. The van der Waals surface area contributed by atoms with Crippen LogP contribution in [0.1, 0.15) is 18.4 Å². The molecule has 0 spiro atoms. The second-order valence-corrected chi connectivity index (χ2v) is 6.20. The summed E-state index contributed by atoms with van der Waals surface area (Å²) in [4.78, 5) is 23.8. The zero-order chi connectivity index (χ0) is 16.5. The molecule has 3 aliphatic rings. The van der Waals surface area contributed by atoms with Gasteiger partial charge in [0.05, 0.1) is 5.92 Å². The first-order valence-corrected chi connectivity index (χ1v) is 8.15. The molecule has 2 atom stereocenters. The van der Waals surface area contributed by atoms with E-state index in [0.717, 1.165) is 12.0 Å². The number of allylic oxidation sites excluding steroid dienone is 1. The maximum atomic E-state index is 12.5. The van der Waals surface area contributed by atoms with E-state index in [2.05, 4.69) is 22.0 Å². The number of hydrogen-bond acceptors (Lipinski definition) is 4. The van der Waals surface area contributed by atoms with Crippen molar-refractivity contribution in [2.75, 3.05) is 6.54 Å². The monoisotopic (exact) mass is 339 g/mol. The van der Waals surface area contributed by atoms with Gasteiger partial charge >= 0.3 is 0 Å². The van der Waals surface area contributed by atoms with E-state index in [4.69, 9.17) is 16.4 Å². The average Bonchev–Trinajstić information content (AvgIpc) is 3.30. The van der Waals surface area contributed by atoms with Gasteiger partial charge in [0.2, 0.25) is 6.23 Å². The van der Waals surface area contributed by atoms with Crippen molar-refractivity contribution in [2.24, 2.45) is 16.1 Å². The second-order valence-electron chi connectivity index (χ2n) is 5.76. The van der Waals surface area contributed by atoms with Crippen LogP contribution in [0.25, 0.3) is 0 Å². The van der Waals surface area contributed by atoms with E-state index >= 15 is 0 Å². The van der Waals surface area contributed by atoms with Crippen molar-refractivity contribution in [3.63, 3.8) is 0 Å². The zero-order valence-corrected chi connectivity index (χ0v) is 13.5. The highest BCUT2D eigenvalue weighted by atomic mass is 35.5. The number of fused-ring (bicyclic) bond motifs is 1. The Bertz CT molecular complexity index is 847. The average molecular weight is 340 g/mol. The first kappa shape index (κ1) is 15.0. The molecule has 0 saturated carbocycles. The zero-order valence-electron chi connectivity index (χ0n) is 12.8. The van der Waals surface area contributed by atoms with E-state index in [-0.39, 0.29) is 18.1 Å². The van der Waals surface area contributed by atoms with Crippen LogP contribution in [-0.4, -0.2) is 35.5 Å². The molecule has 1 aromatic carbocycles. The molecule has 0 aromatic heterocycles. The fourth-order valence-electron chi connectivity index (χ4n) is 3.04. The third-order valence-corrected chi connectivity index (χ3v) is 4.46. The molecule has 1 aromatic rings. The molecule has 0 radical (unpaired) electrons. The van der Waals surface area contributed by atoms with Crippen molar-refractivity contribution >= 4 is 29.4 Å². The van der Waals surface area contributed by atoms with E-state index in [9.17, 15) is 4.79 Å². The van der Waals surface area contributed by atoms with Gasteiger partial charge in [-0.15, -0.1) is 0 Å². The molecule has 24 heavy (non-hydrogen) atoms. The molecule has 120 valence electrons. The third-order valence-electron chi connectivity index (χ3n) is 4.23. The molecule has 1 amide bonds. The van der Waals surface area contributed by atoms with E-state index < -0.39 is 0 Å². The molecular weight excluding hydrogens is 326 g/mol. The third kappa shape index (κ3) is 2.70. The van der Waals surface area contributed by atoms with Gasteiger partial charge in [-0.05, 0) is 36.6 Å². The van der Waals surface area contributed by atoms with E-state index in [0.29, 0.717) is 29.4 Å². The minimum Gasteiger partial charge on any atom is -0.369 e. The number of benzene rings is 1. The maximum Gasteiger partial charge on any atom is 0.275 e. The summed E-state index contributed by atoms with van der Waals surface area (Å²) in [6.07, 6.45) is 4.67. The molecule has 3 heterocycles. The first-order valence-electron chi connectivity index (χ1n) is 7.77. The number of hydrogen-bond donors (Lipinski definition) is 0. The van der Waals surface area contributed by atoms with Gasteiger partial charge < -0.3 is 4.84 Å². The second kappa shape index (κ2) is 6.14. The van der Waals surface area contributed by atoms with Crippen LogP contribution in [0.15, 0.2) is 46.2 Å². The normalized spacial score (nSPS) is 24.0. The van der Waals surface area contributed by atoms with Crippen LogP contribution in [0.3, 0.4) is 0 Å². The number of oxime groups is 1. The van der Waals surface area contributed by atoms with Gasteiger partial charge in [-0.3, -0.25) is 14.7 Å². The Labute approximate surface area is 144 Å². The molecule has 1 fully saturated rings. The number of nitrogens with zero attached hydrogens (tertiary/aromatic N) is 3. The lowest BCUT2D eigenvalue weighted by molar-refractivity contribution is -0.137. The fraction of sp³-hybridized carbons (Fsp3) is 0.278. The summed E-state index contributed by atoms with van der Waals surface area (Å²) in [5, 5.41) is 4.72. The Morgan fingerprint density at radius 3 is 3.08 bits per heavy atom. The van der Waals surface area contributed by atoms with Crippen molar-refractivity contribution in [2.45, 2.75) is 19.1 Å². The van der Waals surface area contributed by atoms with Gasteiger partial charge in [-0.2, -0.15) is 0 Å². The summed E-state index contributed by atoms with van der Waals surface area (Å²) in [6.45, 7) is 0.624. The predicted molar refractivity (Wildman–Crippen MR) is 91.7 cm³/mol. The summed E-state index contributed by atoms with van der Waals surface area (Å²) in [5.74, 6) is 6.03. The topological polar surface area (TPSA) is 54.3 Å². The minimum absolute atomic E-state index is 0.0200. The number of aliphatic imine (C=N–C) groups is 1. The Kier molecular flexibility index (Phi) is 3.83. The van der Waals surface area contributed by atoms with Crippen molar-refractivity contribution in [3.8, 4) is 11.8 Å². The molecule has 0 aliphatic carbocycles. The SMILES string of the molecule is O=C(C1=CCC=N1)N1CCC2C(C#Cc3cccc(Cl)c3)=NOC21. The summed E-state index contributed by atoms with van der Waals surface area (Å²) in [7, 11) is 0. The Morgan fingerprint density at radius 1 is 1.38 bits per heavy atom. The fourth-order valence-corrected chi connectivity index (χ4v) is 3.23. The van der Waals surface area contributed by atoms with Crippen LogP contribution < -0.4 is 0 Å². The van der Waals surface area contributed by atoms with Crippen LogP contribution in [0.4, 0.5) is 0 Å². The van der Waals surface area contributed by atoms with Crippen molar-refractivity contribution < 1.29 is 9.63 Å². The van der Waals surface area contributed by atoms with Crippen LogP contribution in [0.5, 0.6) is 0 Å². The van der Waals surface area contributed by atoms with Gasteiger partial charge in [0, 0.05) is 29.8 Å². The number of amides is 1. The highest BCUT2D eigenvalue weighted by molar-refractivity contribution is 6.30. The molecule has 6 heteroatoms. The molecule has 3 aliphatic heterocycles. The molecule has 1 saturated heterocycles. The molecule has 5 nitrogen and oxygen atoms in total. The van der Waals surface area contributed by atoms with Gasteiger partial charge in [-0.1, -0.05) is 28.7 Å². The number of carbonyl (C=O) groups excluding carboxylic acids is 1. The van der Waals surface area contributed by atoms with Crippen molar-refractivity contribution in [1.82, 2.24) is 4.90 Å². The lowest BCUT2D eigenvalue weighted by Crippen LogP contribution is -2.38. The quantitative estimate of drug-likeness (QED) is 0.738. The van der Waals surface area contributed by atoms with Crippen molar-refractivity contribution in [1.29, 1.82) is 0 Å². The van der Waals surface area contributed by atoms with Gasteiger partial charge in [-0.25, -0.2) is 0 Å². The molecule has 4 rings (SSSR count). The minimum atomic E-state index is -0.377. The Hall–Kier alpha value is -2.58. The van der Waals surface area contributed by atoms with Crippen LogP contribution in [0, 0.1) is 17.8 Å². The summed E-state index contributed by atoms with van der Waals surface area (Å²) >= 11 is 5.96. The molecule has 2 unspecified atom stereocenters. The Morgan fingerprint density at radius 2 is 2.29 bits per heavy atom. The number of rotatable bonds is 1. The lowest BCUT2D eigenvalue weighted by atomic mass is 10.0. The van der Waals surface area contributed by atoms with Gasteiger partial charge in [0.25, 0.3) is 5.91 Å². The van der Waals surface area contributed by atoms with Crippen LogP contribution >= 0.6 is 11.6 Å². The first-order chi connectivity index (χ1) is 11.7. The molecular formula is C18H14ClN3O2. The number of carbonyl (C=O) groups is 1. The summed E-state index contributed by atoms with van der Waals surface area (Å²) in [5.41, 5.74) is 1.99. The molecule has 0 N–H and O–H groups in total. The van der Waals surface area contributed by atoms with Gasteiger partial charge in [0.1, 0.15) is 11.4 Å². The summed E-state index contributed by atoms with van der Waals surface area (Å²) < 4.78 is 0. The number of likely N-dealkylation sites (tertiary alicyclic amines) is 1. The van der Waals surface area contributed by atoms with E-state index in [1.54, 1.807) is 23.2 Å². The Balaban J connectivity index is 1.49.